The Bertz CT molecular complexity index is 701. The van der Waals surface area contributed by atoms with Gasteiger partial charge >= 0.3 is 0 Å². The minimum absolute atomic E-state index is 0.0429. The molecule has 6 heteroatoms. The summed E-state index contributed by atoms with van der Waals surface area (Å²) >= 11 is 0. The molecule has 2 aromatic rings. The zero-order valence-corrected chi connectivity index (χ0v) is 13.7. The molecule has 0 radical (unpaired) electrons. The predicted molar refractivity (Wildman–Crippen MR) is 92.3 cm³/mol. The number of ether oxygens (including phenoxy) is 2. The number of rotatable bonds is 7. The van der Waals surface area contributed by atoms with Crippen LogP contribution in [0.1, 0.15) is 5.56 Å². The highest BCUT2D eigenvalue weighted by Gasteiger charge is 2.10. The molecular weight excluding hydrogens is 308 g/mol. The van der Waals surface area contributed by atoms with Gasteiger partial charge in [-0.05, 0) is 17.7 Å². The lowest BCUT2D eigenvalue weighted by Crippen LogP contribution is -2.18. The van der Waals surface area contributed by atoms with Crippen LogP contribution in [0.2, 0.25) is 0 Å². The Balaban J connectivity index is 2.03. The average Bonchev–Trinajstić information content (AvgIpc) is 2.57. The summed E-state index contributed by atoms with van der Waals surface area (Å²) in [4.78, 5) is 23.7. The fourth-order valence-electron chi connectivity index (χ4n) is 2.18. The normalized spacial score (nSPS) is 10.1. The summed E-state index contributed by atoms with van der Waals surface area (Å²) in [7, 11) is 2.94. The van der Waals surface area contributed by atoms with E-state index in [0.29, 0.717) is 17.1 Å². The molecule has 0 saturated heterocycles. The number of hydrogen-bond acceptors (Lipinski definition) is 4. The SMILES string of the molecule is COCC(=O)Nc1ccc(NC(=O)Cc2ccccc2)cc1OC. The molecule has 0 unspecified atom stereocenters. The van der Waals surface area contributed by atoms with Crippen LogP contribution >= 0.6 is 0 Å². The van der Waals surface area contributed by atoms with Gasteiger partial charge in [-0.15, -0.1) is 0 Å². The van der Waals surface area contributed by atoms with Crippen LogP contribution in [0.5, 0.6) is 5.75 Å². The van der Waals surface area contributed by atoms with Crippen molar-refractivity contribution in [3.05, 3.63) is 54.1 Å². The minimum Gasteiger partial charge on any atom is -0.494 e. The summed E-state index contributed by atoms with van der Waals surface area (Å²) < 4.78 is 10.0. The van der Waals surface area contributed by atoms with Crippen molar-refractivity contribution in [3.63, 3.8) is 0 Å². The van der Waals surface area contributed by atoms with E-state index in [1.54, 1.807) is 18.2 Å². The number of methoxy groups -OCH3 is 2. The molecule has 0 heterocycles. The number of carbonyl (C=O) groups excluding carboxylic acids is 2. The van der Waals surface area contributed by atoms with Gasteiger partial charge in [0.05, 0.1) is 19.2 Å². The van der Waals surface area contributed by atoms with Gasteiger partial charge in [-0.3, -0.25) is 9.59 Å². The van der Waals surface area contributed by atoms with Crippen LogP contribution in [-0.2, 0) is 20.7 Å². The van der Waals surface area contributed by atoms with Crippen LogP contribution in [0.3, 0.4) is 0 Å². The van der Waals surface area contributed by atoms with Crippen LogP contribution < -0.4 is 15.4 Å². The van der Waals surface area contributed by atoms with Gasteiger partial charge in [0.15, 0.2) is 0 Å². The van der Waals surface area contributed by atoms with E-state index in [-0.39, 0.29) is 24.8 Å². The third-order valence-electron chi connectivity index (χ3n) is 3.24. The van der Waals surface area contributed by atoms with E-state index in [9.17, 15) is 9.59 Å². The maximum Gasteiger partial charge on any atom is 0.250 e. The first-order chi connectivity index (χ1) is 11.6. The van der Waals surface area contributed by atoms with Crippen molar-refractivity contribution in [2.45, 2.75) is 6.42 Å². The van der Waals surface area contributed by atoms with E-state index in [4.69, 9.17) is 9.47 Å². The molecule has 0 aromatic heterocycles. The Morgan fingerprint density at radius 2 is 1.71 bits per heavy atom. The first-order valence-electron chi connectivity index (χ1n) is 7.43. The molecule has 126 valence electrons. The molecule has 0 atom stereocenters. The number of carbonyl (C=O) groups is 2. The Morgan fingerprint density at radius 3 is 2.38 bits per heavy atom. The Labute approximate surface area is 140 Å². The number of nitrogens with one attached hydrogen (secondary N) is 2. The van der Waals surface area contributed by atoms with Crippen molar-refractivity contribution < 1.29 is 19.1 Å². The van der Waals surface area contributed by atoms with Crippen molar-refractivity contribution in [2.24, 2.45) is 0 Å². The maximum atomic E-state index is 12.1. The maximum absolute atomic E-state index is 12.1. The van der Waals surface area contributed by atoms with Gasteiger partial charge in [-0.2, -0.15) is 0 Å². The highest BCUT2D eigenvalue weighted by atomic mass is 16.5. The van der Waals surface area contributed by atoms with Crippen LogP contribution in [-0.4, -0.2) is 32.6 Å². The molecule has 2 amide bonds. The summed E-state index contributed by atoms with van der Waals surface area (Å²) in [6.45, 7) is -0.0429. The van der Waals surface area contributed by atoms with E-state index in [1.165, 1.54) is 14.2 Å². The monoisotopic (exact) mass is 328 g/mol. The zero-order chi connectivity index (χ0) is 17.4. The number of benzene rings is 2. The van der Waals surface area contributed by atoms with Gasteiger partial charge in [0.1, 0.15) is 12.4 Å². The molecule has 6 nitrogen and oxygen atoms in total. The molecular formula is C18H20N2O4. The third-order valence-corrected chi connectivity index (χ3v) is 3.24. The second kappa shape index (κ2) is 8.69. The number of hydrogen-bond donors (Lipinski definition) is 2. The zero-order valence-electron chi connectivity index (χ0n) is 13.7. The first kappa shape index (κ1) is 17.5. The predicted octanol–water partition coefficient (Wildman–Crippen LogP) is 2.46. The van der Waals surface area contributed by atoms with E-state index < -0.39 is 0 Å². The Hall–Kier alpha value is -2.86. The lowest BCUT2D eigenvalue weighted by atomic mass is 10.1. The van der Waals surface area contributed by atoms with E-state index >= 15 is 0 Å². The first-order valence-corrected chi connectivity index (χ1v) is 7.43. The smallest absolute Gasteiger partial charge is 0.250 e. The summed E-state index contributed by atoms with van der Waals surface area (Å²) in [5.41, 5.74) is 2.04. The summed E-state index contributed by atoms with van der Waals surface area (Å²) in [5.74, 6) is 0.0491. The molecule has 0 spiro atoms. The fraction of sp³-hybridized carbons (Fsp3) is 0.222. The molecule has 0 aliphatic carbocycles. The average molecular weight is 328 g/mol. The molecule has 2 rings (SSSR count). The minimum atomic E-state index is -0.281. The van der Waals surface area contributed by atoms with Crippen molar-refractivity contribution in [1.29, 1.82) is 0 Å². The molecule has 0 aliphatic rings. The van der Waals surface area contributed by atoms with Gasteiger partial charge < -0.3 is 20.1 Å². The molecule has 0 bridgehead atoms. The lowest BCUT2D eigenvalue weighted by Gasteiger charge is -2.12. The van der Waals surface area contributed by atoms with Gasteiger partial charge in [0, 0.05) is 18.9 Å². The van der Waals surface area contributed by atoms with Crippen LogP contribution in [0.15, 0.2) is 48.5 Å². The van der Waals surface area contributed by atoms with Gasteiger partial charge in [-0.1, -0.05) is 30.3 Å². The lowest BCUT2D eigenvalue weighted by molar-refractivity contribution is -0.119. The van der Waals surface area contributed by atoms with Crippen LogP contribution in [0, 0.1) is 0 Å². The quantitative estimate of drug-likeness (QED) is 0.818. The Kier molecular flexibility index (Phi) is 6.33. The number of amides is 2. The molecule has 24 heavy (non-hydrogen) atoms. The van der Waals surface area contributed by atoms with Crippen molar-refractivity contribution in [1.82, 2.24) is 0 Å². The number of anilines is 2. The van der Waals surface area contributed by atoms with Crippen molar-refractivity contribution in [3.8, 4) is 5.75 Å². The van der Waals surface area contributed by atoms with Crippen LogP contribution in [0.25, 0.3) is 0 Å². The second-order valence-electron chi connectivity index (χ2n) is 5.11. The summed E-state index contributed by atoms with van der Waals surface area (Å²) in [5, 5.41) is 5.50. The van der Waals surface area contributed by atoms with E-state index in [1.807, 2.05) is 30.3 Å². The molecule has 0 aliphatic heterocycles. The standard InChI is InChI=1S/C18H20N2O4/c1-23-12-18(22)20-15-9-8-14(11-16(15)24-2)19-17(21)10-13-6-4-3-5-7-13/h3-9,11H,10,12H2,1-2H3,(H,19,21)(H,20,22). The van der Waals surface area contributed by atoms with Gasteiger partial charge in [0.25, 0.3) is 0 Å². The molecule has 2 N–H and O–H groups in total. The van der Waals surface area contributed by atoms with Gasteiger partial charge in [-0.25, -0.2) is 0 Å². The molecule has 2 aromatic carbocycles. The van der Waals surface area contributed by atoms with Crippen LogP contribution in [0.4, 0.5) is 11.4 Å². The largest absolute Gasteiger partial charge is 0.494 e. The van der Waals surface area contributed by atoms with Gasteiger partial charge in [0.2, 0.25) is 11.8 Å². The highest BCUT2D eigenvalue weighted by Crippen LogP contribution is 2.28. The molecule has 0 saturated carbocycles. The summed E-state index contributed by atoms with van der Waals surface area (Å²) in [6, 6.07) is 14.5. The van der Waals surface area contributed by atoms with Crippen molar-refractivity contribution >= 4 is 23.2 Å². The Morgan fingerprint density at radius 1 is 0.958 bits per heavy atom. The summed E-state index contributed by atoms with van der Waals surface area (Å²) in [6.07, 6.45) is 0.287. The molecule has 0 fully saturated rings. The van der Waals surface area contributed by atoms with E-state index in [0.717, 1.165) is 5.56 Å². The van der Waals surface area contributed by atoms with E-state index in [2.05, 4.69) is 10.6 Å². The van der Waals surface area contributed by atoms with Crippen molar-refractivity contribution in [2.75, 3.05) is 31.5 Å². The highest BCUT2D eigenvalue weighted by molar-refractivity contribution is 5.95. The third kappa shape index (κ3) is 5.10. The topological polar surface area (TPSA) is 76.7 Å². The second-order valence-corrected chi connectivity index (χ2v) is 5.11. The fourth-order valence-corrected chi connectivity index (χ4v) is 2.18.